The average molecular weight is 432 g/mol. The zero-order valence-corrected chi connectivity index (χ0v) is 18.8. The quantitative estimate of drug-likeness (QED) is 0.726. The smallest absolute Gasteiger partial charge is 0.410 e. The second-order valence-corrected chi connectivity index (χ2v) is 11.2. The Hall–Kier alpha value is -2.19. The summed E-state index contributed by atoms with van der Waals surface area (Å²) in [5.41, 5.74) is 0.252. The largest absolute Gasteiger partial charge is 0.444 e. The number of piperidine rings is 1. The van der Waals surface area contributed by atoms with Crippen LogP contribution in [0.2, 0.25) is 0 Å². The Morgan fingerprint density at radius 1 is 1.20 bits per heavy atom. The molecule has 0 bridgehead atoms. The number of fused-ring (bicyclic) bond motifs is 2. The third-order valence-corrected chi connectivity index (χ3v) is 7.80. The van der Waals surface area contributed by atoms with E-state index in [1.54, 1.807) is 33.7 Å². The number of hydrogen-bond donors (Lipinski definition) is 0. The number of pyridine rings is 1. The Morgan fingerprint density at radius 2 is 1.97 bits per heavy atom. The molecule has 0 spiro atoms. The average Bonchev–Trinajstić information content (AvgIpc) is 3.11. The summed E-state index contributed by atoms with van der Waals surface area (Å²) in [6.07, 6.45) is 4.79. The van der Waals surface area contributed by atoms with Crippen molar-refractivity contribution in [2.75, 3.05) is 19.6 Å². The minimum atomic E-state index is -3.70. The van der Waals surface area contributed by atoms with Crippen molar-refractivity contribution in [1.29, 1.82) is 0 Å². The lowest BCUT2D eigenvalue weighted by Gasteiger charge is -2.37. The van der Waals surface area contributed by atoms with Gasteiger partial charge in [0.15, 0.2) is 0 Å². The van der Waals surface area contributed by atoms with Crippen LogP contribution in [0.5, 0.6) is 0 Å². The molecule has 0 saturated carbocycles. The van der Waals surface area contributed by atoms with Crippen LogP contribution in [0, 0.1) is 12.8 Å². The Kier molecular flexibility index (Phi) is 5.26. The van der Waals surface area contributed by atoms with E-state index in [0.717, 1.165) is 23.8 Å². The van der Waals surface area contributed by atoms with Gasteiger partial charge in [-0.25, -0.2) is 13.2 Å². The number of aryl methyl sites for hydroxylation is 1. The highest BCUT2D eigenvalue weighted by atomic mass is 32.2. The van der Waals surface area contributed by atoms with Gasteiger partial charge < -0.3 is 9.64 Å². The second-order valence-electron chi connectivity index (χ2n) is 9.28. The number of likely N-dealkylation sites (tertiary alicyclic amines) is 1. The Morgan fingerprint density at radius 3 is 2.70 bits per heavy atom. The van der Waals surface area contributed by atoms with Gasteiger partial charge >= 0.3 is 6.09 Å². The summed E-state index contributed by atoms with van der Waals surface area (Å²) in [6.45, 7) is 8.73. The molecule has 162 valence electrons. The van der Waals surface area contributed by atoms with Crippen molar-refractivity contribution in [3.8, 4) is 0 Å². The summed E-state index contributed by atoms with van der Waals surface area (Å²) in [7, 11) is -3.70. The first-order valence-electron chi connectivity index (χ1n) is 10.4. The van der Waals surface area contributed by atoms with E-state index in [1.807, 2.05) is 33.8 Å². The van der Waals surface area contributed by atoms with E-state index >= 15 is 0 Å². The molecule has 0 aliphatic carbocycles. The fourth-order valence-electron chi connectivity index (χ4n) is 4.61. The van der Waals surface area contributed by atoms with E-state index in [0.29, 0.717) is 29.9 Å². The summed E-state index contributed by atoms with van der Waals surface area (Å²) in [5, 5.41) is 1.52. The molecule has 2 fully saturated rings. The molecule has 0 radical (unpaired) electrons. The predicted octanol–water partition coefficient (Wildman–Crippen LogP) is 3.56. The van der Waals surface area contributed by atoms with E-state index < -0.39 is 15.6 Å². The molecule has 1 aromatic carbocycles. The number of sulfonamides is 1. The van der Waals surface area contributed by atoms with E-state index in [1.165, 1.54) is 0 Å². The minimum absolute atomic E-state index is 0.124. The summed E-state index contributed by atoms with van der Waals surface area (Å²) >= 11 is 0. The second kappa shape index (κ2) is 7.50. The van der Waals surface area contributed by atoms with Gasteiger partial charge in [-0.05, 0) is 58.1 Å². The van der Waals surface area contributed by atoms with Crippen LogP contribution in [0.4, 0.5) is 4.79 Å². The van der Waals surface area contributed by atoms with Crippen molar-refractivity contribution in [3.63, 3.8) is 0 Å². The van der Waals surface area contributed by atoms with Gasteiger partial charge in [-0.2, -0.15) is 4.31 Å². The molecule has 1 amide bonds. The SMILES string of the molecule is Cc1cncc2cccc(S(=O)(=O)N3CC4CCCN(C(=O)OC(C)(C)C)C4C3)c12. The lowest BCUT2D eigenvalue weighted by Crippen LogP contribution is -2.50. The predicted molar refractivity (Wildman–Crippen MR) is 115 cm³/mol. The first kappa shape index (κ1) is 21.1. The van der Waals surface area contributed by atoms with Crippen LogP contribution >= 0.6 is 0 Å². The molecule has 4 rings (SSSR count). The van der Waals surface area contributed by atoms with E-state index in [4.69, 9.17) is 4.74 Å². The van der Waals surface area contributed by atoms with Gasteiger partial charge in [0, 0.05) is 42.8 Å². The monoisotopic (exact) mass is 431 g/mol. The highest BCUT2D eigenvalue weighted by molar-refractivity contribution is 7.89. The molecular weight excluding hydrogens is 402 g/mol. The Labute approximate surface area is 178 Å². The molecule has 2 atom stereocenters. The number of ether oxygens (including phenoxy) is 1. The molecule has 2 saturated heterocycles. The molecule has 2 aliphatic rings. The summed E-state index contributed by atoms with van der Waals surface area (Å²) in [5.74, 6) is 0.124. The van der Waals surface area contributed by atoms with Crippen LogP contribution in [-0.2, 0) is 14.8 Å². The van der Waals surface area contributed by atoms with Gasteiger partial charge in [-0.1, -0.05) is 12.1 Å². The fourth-order valence-corrected chi connectivity index (χ4v) is 6.41. The van der Waals surface area contributed by atoms with Crippen LogP contribution < -0.4 is 0 Å². The van der Waals surface area contributed by atoms with Crippen molar-refractivity contribution < 1.29 is 17.9 Å². The normalized spacial score (nSPS) is 22.9. The van der Waals surface area contributed by atoms with Gasteiger partial charge in [0.2, 0.25) is 10.0 Å². The molecule has 2 aliphatic heterocycles. The molecule has 7 nitrogen and oxygen atoms in total. The zero-order valence-electron chi connectivity index (χ0n) is 18.0. The number of rotatable bonds is 2. The van der Waals surface area contributed by atoms with Crippen molar-refractivity contribution in [3.05, 3.63) is 36.2 Å². The first-order chi connectivity index (χ1) is 14.1. The number of benzene rings is 1. The highest BCUT2D eigenvalue weighted by Crippen LogP contribution is 2.36. The van der Waals surface area contributed by atoms with Gasteiger partial charge in [0.25, 0.3) is 0 Å². The van der Waals surface area contributed by atoms with Crippen LogP contribution in [-0.4, -0.2) is 60.0 Å². The standard InChI is InChI=1S/C22H29N3O4S/c1-15-11-23-12-16-7-5-9-19(20(15)16)30(27,28)24-13-17-8-6-10-25(18(17)14-24)21(26)29-22(2,3)4/h5,7,9,11-12,17-18H,6,8,10,13-14H2,1-4H3. The van der Waals surface area contributed by atoms with Gasteiger partial charge in [-0.15, -0.1) is 0 Å². The van der Waals surface area contributed by atoms with Crippen molar-refractivity contribution in [2.24, 2.45) is 5.92 Å². The van der Waals surface area contributed by atoms with E-state index in [2.05, 4.69) is 4.98 Å². The molecule has 30 heavy (non-hydrogen) atoms. The maximum Gasteiger partial charge on any atom is 0.410 e. The fraction of sp³-hybridized carbons (Fsp3) is 0.545. The molecule has 3 heterocycles. The number of aromatic nitrogens is 1. The first-order valence-corrected chi connectivity index (χ1v) is 11.8. The third kappa shape index (κ3) is 3.78. The number of carbonyl (C=O) groups is 1. The van der Waals surface area contributed by atoms with Crippen LogP contribution in [0.25, 0.3) is 10.8 Å². The molecule has 2 unspecified atom stereocenters. The summed E-state index contributed by atoms with van der Waals surface area (Å²) in [4.78, 5) is 19.0. The lowest BCUT2D eigenvalue weighted by molar-refractivity contribution is 0.00643. The highest BCUT2D eigenvalue weighted by Gasteiger charge is 2.46. The van der Waals surface area contributed by atoms with Crippen LogP contribution in [0.1, 0.15) is 39.2 Å². The minimum Gasteiger partial charge on any atom is -0.444 e. The van der Waals surface area contributed by atoms with Gasteiger partial charge in [0.05, 0.1) is 10.9 Å². The number of hydrogen-bond acceptors (Lipinski definition) is 5. The number of nitrogens with zero attached hydrogens (tertiary/aromatic N) is 3. The topological polar surface area (TPSA) is 79.8 Å². The lowest BCUT2D eigenvalue weighted by atomic mass is 9.92. The maximum absolute atomic E-state index is 13.6. The molecule has 0 N–H and O–H groups in total. The number of carbonyl (C=O) groups excluding carboxylic acids is 1. The van der Waals surface area contributed by atoms with E-state index in [-0.39, 0.29) is 18.1 Å². The molecule has 8 heteroatoms. The number of amides is 1. The Bertz CT molecular complexity index is 1070. The molecule has 2 aromatic rings. The van der Waals surface area contributed by atoms with Gasteiger partial charge in [-0.3, -0.25) is 4.98 Å². The molecular formula is C22H29N3O4S. The zero-order chi connectivity index (χ0) is 21.7. The third-order valence-electron chi connectivity index (χ3n) is 5.93. The van der Waals surface area contributed by atoms with E-state index in [9.17, 15) is 13.2 Å². The summed E-state index contributed by atoms with van der Waals surface area (Å²) < 4.78 is 34.4. The van der Waals surface area contributed by atoms with Crippen molar-refractivity contribution in [2.45, 2.75) is 57.1 Å². The maximum atomic E-state index is 13.6. The van der Waals surface area contributed by atoms with Crippen molar-refractivity contribution in [1.82, 2.24) is 14.2 Å². The van der Waals surface area contributed by atoms with Crippen molar-refractivity contribution >= 4 is 26.9 Å². The Balaban J connectivity index is 1.64. The molecule has 1 aromatic heterocycles. The summed E-state index contributed by atoms with van der Waals surface area (Å²) in [6, 6.07) is 5.15. The van der Waals surface area contributed by atoms with Crippen LogP contribution in [0.3, 0.4) is 0 Å². The van der Waals surface area contributed by atoms with Gasteiger partial charge in [0.1, 0.15) is 5.60 Å². The van der Waals surface area contributed by atoms with Crippen LogP contribution in [0.15, 0.2) is 35.5 Å².